The summed E-state index contributed by atoms with van der Waals surface area (Å²) < 4.78 is 116. The van der Waals surface area contributed by atoms with Gasteiger partial charge in [-0.05, 0) is 52.6 Å². The van der Waals surface area contributed by atoms with E-state index in [1.807, 2.05) is 84.9 Å². The zero-order valence-corrected chi connectivity index (χ0v) is 29.5. The molecule has 11 rings (SSSR count). The van der Waals surface area contributed by atoms with Gasteiger partial charge in [-0.1, -0.05) is 141 Å². The van der Waals surface area contributed by atoms with Gasteiger partial charge in [-0.25, -0.2) is 4.98 Å². The first-order valence-corrected chi connectivity index (χ1v) is 18.0. The first-order valence-electron chi connectivity index (χ1n) is 23.2. The molecule has 256 valence electrons. The normalized spacial score (nSPS) is 16.3. The van der Waals surface area contributed by atoms with Crippen LogP contribution in [0.3, 0.4) is 0 Å². The second-order valence-electron chi connectivity index (χ2n) is 13.5. The largest absolute Gasteiger partial charge is 0.456 e. The summed E-state index contributed by atoms with van der Waals surface area (Å²) in [7, 11) is 0. The number of thiophene rings is 1. The number of benzene rings is 7. The number of rotatable bonds is 5. The first-order chi connectivity index (χ1) is 31.5. The molecule has 0 N–H and O–H groups in total. The molecule has 0 spiro atoms. The Hall–Kier alpha value is -6.63. The van der Waals surface area contributed by atoms with Crippen molar-refractivity contribution in [1.29, 1.82) is 0 Å². The number of para-hydroxylation sites is 1. The van der Waals surface area contributed by atoms with E-state index in [-0.39, 0.29) is 63.1 Å². The molecule has 5 nitrogen and oxygen atoms in total. The third kappa shape index (κ3) is 4.53. The van der Waals surface area contributed by atoms with E-state index in [1.54, 1.807) is 18.7 Å². The molecule has 0 atom stereocenters. The minimum Gasteiger partial charge on any atom is -0.456 e. The van der Waals surface area contributed by atoms with E-state index in [4.69, 9.17) is 30.3 Å². The van der Waals surface area contributed by atoms with Gasteiger partial charge in [-0.15, -0.1) is 11.3 Å². The predicted molar refractivity (Wildman–Crippen MR) is 223 cm³/mol. The molecule has 0 saturated heterocycles. The minimum absolute atomic E-state index is 0.0193. The molecule has 0 amide bonds. The molecule has 0 radical (unpaired) electrons. The zero-order chi connectivity index (χ0) is 46.4. The van der Waals surface area contributed by atoms with E-state index in [0.717, 1.165) is 25.6 Å². The fourth-order valence-electron chi connectivity index (χ4n) is 7.63. The summed E-state index contributed by atoms with van der Waals surface area (Å²) in [6.07, 6.45) is 0. The number of fused-ring (bicyclic) bond motifs is 9. The summed E-state index contributed by atoms with van der Waals surface area (Å²) in [6, 6.07) is 20.5. The fraction of sp³-hybridized carbons (Fsp3) is 0.0625. The second-order valence-corrected chi connectivity index (χ2v) is 14.5. The zero-order valence-electron chi connectivity index (χ0n) is 40.7. The second kappa shape index (κ2) is 11.7. The molecular weight excluding hydrogens is 681 g/mol. The van der Waals surface area contributed by atoms with E-state index in [2.05, 4.69) is 0 Å². The Morgan fingerprint density at radius 2 is 1.28 bits per heavy atom. The first kappa shape index (κ1) is 21.2. The van der Waals surface area contributed by atoms with Crippen LogP contribution in [-0.2, 0) is 5.41 Å². The Bertz CT molecular complexity index is 3780. The summed E-state index contributed by atoms with van der Waals surface area (Å²) in [5, 5.41) is 3.37. The van der Waals surface area contributed by atoms with Crippen molar-refractivity contribution in [3.63, 3.8) is 0 Å². The van der Waals surface area contributed by atoms with E-state index in [0.29, 0.717) is 27.9 Å². The molecule has 0 unspecified atom stereocenters. The molecule has 1 aliphatic rings. The lowest BCUT2D eigenvalue weighted by molar-refractivity contribution is 0.660. The van der Waals surface area contributed by atoms with Crippen molar-refractivity contribution in [2.24, 2.45) is 0 Å². The molecule has 7 aromatic carbocycles. The van der Waals surface area contributed by atoms with Gasteiger partial charge >= 0.3 is 0 Å². The highest BCUT2D eigenvalue weighted by atomic mass is 32.1. The Balaban J connectivity index is 1.33. The maximum atomic E-state index is 9.56. The molecule has 1 aliphatic carbocycles. The average molecular weight is 725 g/mol. The van der Waals surface area contributed by atoms with Crippen molar-refractivity contribution in [2.75, 3.05) is 4.90 Å². The smallest absolute Gasteiger partial charge is 0.238 e. The van der Waals surface area contributed by atoms with Gasteiger partial charge in [0.25, 0.3) is 0 Å². The molecule has 0 fully saturated rings. The van der Waals surface area contributed by atoms with Gasteiger partial charge in [0.1, 0.15) is 11.2 Å². The van der Waals surface area contributed by atoms with E-state index in [9.17, 15) is 5.48 Å². The van der Waals surface area contributed by atoms with Crippen LogP contribution in [0.4, 0.5) is 17.3 Å². The van der Waals surface area contributed by atoms with Crippen LogP contribution in [0, 0.1) is 0 Å². The molecule has 6 heteroatoms. The van der Waals surface area contributed by atoms with Gasteiger partial charge in [0.05, 0.1) is 37.9 Å². The highest BCUT2D eigenvalue weighted by molar-refractivity contribution is 7.26. The minimum atomic E-state index is -1.27. The molecule has 3 heterocycles. The number of hydrogen-bond donors (Lipinski definition) is 0. The van der Waals surface area contributed by atoms with Crippen LogP contribution in [0.2, 0.25) is 0 Å². The van der Waals surface area contributed by atoms with Crippen LogP contribution in [0.1, 0.15) is 41.4 Å². The molecule has 10 aromatic rings. The van der Waals surface area contributed by atoms with Gasteiger partial charge in [0.15, 0.2) is 11.6 Å². The van der Waals surface area contributed by atoms with Gasteiger partial charge in [0.2, 0.25) is 5.95 Å². The predicted octanol–water partition coefficient (Wildman–Crippen LogP) is 13.2. The molecule has 0 aliphatic heterocycles. The standard InChI is InChI=1S/C48H32N4OS/c1-48(2)35-22-9-6-18-32(35)42-34(21-12-23-36(42)48)46-49-45(29-15-4-3-5-16-29)50-47(51-46)52(37-24-14-27-40-43(37)33-19-7-10-26-39(33)53-40)38-25-13-20-31-30-17-8-11-28-41(30)54-44(31)38/h3-28H,1-2H3/i3D,4D,5D,6D,9D,12D,15D,16D,18D,21D,22D,23D. The van der Waals surface area contributed by atoms with Crippen molar-refractivity contribution < 1.29 is 20.9 Å². The van der Waals surface area contributed by atoms with Crippen LogP contribution in [0.15, 0.2) is 162 Å². The van der Waals surface area contributed by atoms with Crippen molar-refractivity contribution in [1.82, 2.24) is 15.0 Å². The summed E-state index contributed by atoms with van der Waals surface area (Å²) in [6.45, 7) is 3.40. The number of furan rings is 1. The quantitative estimate of drug-likeness (QED) is 0.177. The van der Waals surface area contributed by atoms with Crippen LogP contribution >= 0.6 is 11.3 Å². The van der Waals surface area contributed by atoms with E-state index in [1.165, 1.54) is 11.3 Å². The third-order valence-corrected chi connectivity index (χ3v) is 11.3. The Morgan fingerprint density at radius 1 is 0.593 bits per heavy atom. The monoisotopic (exact) mass is 724 g/mol. The lowest BCUT2D eigenvalue weighted by Gasteiger charge is -2.25. The number of hydrogen-bond acceptors (Lipinski definition) is 6. The molecule has 54 heavy (non-hydrogen) atoms. The van der Waals surface area contributed by atoms with Crippen LogP contribution in [0.5, 0.6) is 0 Å². The number of nitrogens with zero attached hydrogens (tertiary/aromatic N) is 4. The highest BCUT2D eigenvalue weighted by Crippen LogP contribution is 2.52. The van der Waals surface area contributed by atoms with E-state index < -0.39 is 65.8 Å². The highest BCUT2D eigenvalue weighted by Gasteiger charge is 2.37. The van der Waals surface area contributed by atoms with Crippen molar-refractivity contribution in [3.05, 3.63) is 169 Å². The van der Waals surface area contributed by atoms with Crippen molar-refractivity contribution in [3.8, 4) is 33.9 Å². The Kier molecular flexibility index (Phi) is 4.58. The fourth-order valence-corrected chi connectivity index (χ4v) is 8.84. The topological polar surface area (TPSA) is 55.1 Å². The molecule has 0 bridgehead atoms. The molecule has 3 aromatic heterocycles. The van der Waals surface area contributed by atoms with Gasteiger partial charge in [-0.2, -0.15) is 9.97 Å². The van der Waals surface area contributed by atoms with E-state index >= 15 is 0 Å². The van der Waals surface area contributed by atoms with Crippen LogP contribution in [0.25, 0.3) is 76.0 Å². The van der Waals surface area contributed by atoms with Gasteiger partial charge in [-0.3, -0.25) is 4.90 Å². The van der Waals surface area contributed by atoms with Gasteiger partial charge < -0.3 is 4.42 Å². The average Bonchev–Trinajstić information content (AvgIpc) is 3.96. The SMILES string of the molecule is [2H]c1c([2H])c([2H])c(-c2nc(-c3c([2H])c([2H])c([2H])c4c3-c3c([2H])c([2H])c([2H])c([2H])c3C4(C)C)nc(N(c3cccc4c3sc3ccccc34)c3cccc4oc5ccccc5c34)n2)c([2H])c1[2H]. The van der Waals surface area contributed by atoms with Crippen molar-refractivity contribution >= 4 is 70.8 Å². The Morgan fingerprint density at radius 3 is 2.19 bits per heavy atom. The van der Waals surface area contributed by atoms with Gasteiger partial charge in [0, 0.05) is 37.4 Å². The summed E-state index contributed by atoms with van der Waals surface area (Å²) in [4.78, 5) is 16.7. The van der Waals surface area contributed by atoms with Crippen LogP contribution in [-0.4, -0.2) is 15.0 Å². The maximum Gasteiger partial charge on any atom is 0.238 e. The summed E-state index contributed by atoms with van der Waals surface area (Å²) in [5.74, 6) is -0.788. The Labute approximate surface area is 332 Å². The lowest BCUT2D eigenvalue weighted by atomic mass is 9.82. The number of aromatic nitrogens is 3. The summed E-state index contributed by atoms with van der Waals surface area (Å²) in [5.41, 5.74) is 0.863. The number of anilines is 3. The summed E-state index contributed by atoms with van der Waals surface area (Å²) >= 11 is 1.53. The lowest BCUT2D eigenvalue weighted by Crippen LogP contribution is -2.16. The van der Waals surface area contributed by atoms with Crippen LogP contribution < -0.4 is 4.90 Å². The van der Waals surface area contributed by atoms with Crippen molar-refractivity contribution in [2.45, 2.75) is 19.3 Å². The third-order valence-electron chi connectivity index (χ3n) is 10.1. The molecular formula is C48H32N4OS. The molecule has 0 saturated carbocycles. The maximum absolute atomic E-state index is 9.56.